The molecule has 140 valence electrons. The smallest absolute Gasteiger partial charge is 0.311 e. The summed E-state index contributed by atoms with van der Waals surface area (Å²) in [4.78, 5) is 28.3. The summed E-state index contributed by atoms with van der Waals surface area (Å²) >= 11 is 1.45. The van der Waals surface area contributed by atoms with E-state index in [-0.39, 0.29) is 12.6 Å². The van der Waals surface area contributed by atoms with Gasteiger partial charge in [0.05, 0.1) is 22.4 Å². The van der Waals surface area contributed by atoms with Gasteiger partial charge in [0, 0.05) is 17.6 Å². The summed E-state index contributed by atoms with van der Waals surface area (Å²) in [7, 11) is 0. The molecule has 1 amide bonds. The lowest BCUT2D eigenvalue weighted by Gasteiger charge is -2.15. The van der Waals surface area contributed by atoms with Crippen LogP contribution >= 0.6 is 11.3 Å². The number of carbonyl (C=O) groups excluding carboxylic acids is 2. The van der Waals surface area contributed by atoms with Gasteiger partial charge in [0.2, 0.25) is 0 Å². The molecule has 0 aliphatic heterocycles. The van der Waals surface area contributed by atoms with Crippen LogP contribution in [0, 0.1) is 18.3 Å². The minimum atomic E-state index is -0.535. The van der Waals surface area contributed by atoms with Crippen LogP contribution in [0.25, 0.3) is 11.4 Å². The molecule has 1 fully saturated rings. The van der Waals surface area contributed by atoms with Crippen LogP contribution < -0.4 is 5.73 Å². The van der Waals surface area contributed by atoms with Gasteiger partial charge in [0.25, 0.3) is 5.91 Å². The summed E-state index contributed by atoms with van der Waals surface area (Å²) in [6.07, 6.45) is 2.43. The average Bonchev–Trinajstić information content (AvgIpc) is 3.14. The van der Waals surface area contributed by atoms with E-state index in [1.807, 2.05) is 39.1 Å². The first-order valence-corrected chi connectivity index (χ1v) is 9.66. The Bertz CT molecular complexity index is 841. The lowest BCUT2D eigenvalue weighted by molar-refractivity contribution is -0.154. The number of amides is 1. The lowest BCUT2D eigenvalue weighted by Crippen LogP contribution is -2.22. The van der Waals surface area contributed by atoms with Crippen molar-refractivity contribution in [3.63, 3.8) is 0 Å². The van der Waals surface area contributed by atoms with Gasteiger partial charge in [0.1, 0.15) is 11.6 Å². The van der Waals surface area contributed by atoms with Gasteiger partial charge < -0.3 is 15.0 Å². The minimum absolute atomic E-state index is 0.158. The van der Waals surface area contributed by atoms with Crippen LogP contribution in [0.3, 0.4) is 0 Å². The van der Waals surface area contributed by atoms with E-state index < -0.39 is 11.3 Å². The standard InChI is InChI=1S/C19H25N3O3S/c1-11-13(17(20)23)7-15(22(11)8-12-5-6-12)14-10-26-16(21-14)9-25-18(24)19(2,3)4/h7,10,12H,5-6,8-9H2,1-4H3,(H2,20,23). The second kappa shape index (κ2) is 6.87. The first-order chi connectivity index (χ1) is 12.2. The number of aromatic nitrogens is 2. The molecule has 1 aliphatic carbocycles. The van der Waals surface area contributed by atoms with Crippen molar-refractivity contribution in [2.45, 2.75) is 53.7 Å². The van der Waals surface area contributed by atoms with E-state index in [9.17, 15) is 9.59 Å². The largest absolute Gasteiger partial charge is 0.458 e. The summed E-state index contributed by atoms with van der Waals surface area (Å²) in [5.41, 5.74) is 8.09. The number of esters is 1. The number of carbonyl (C=O) groups is 2. The molecule has 7 heteroatoms. The Morgan fingerprint density at radius 3 is 2.65 bits per heavy atom. The Morgan fingerprint density at radius 2 is 2.08 bits per heavy atom. The first-order valence-electron chi connectivity index (χ1n) is 8.78. The first kappa shape index (κ1) is 18.6. The summed E-state index contributed by atoms with van der Waals surface area (Å²) in [6.45, 7) is 8.42. The second-order valence-corrected chi connectivity index (χ2v) is 8.84. The van der Waals surface area contributed by atoms with Crippen LogP contribution in [-0.4, -0.2) is 21.4 Å². The maximum absolute atomic E-state index is 11.9. The number of primary amides is 1. The van der Waals surface area contributed by atoms with Gasteiger partial charge in [-0.15, -0.1) is 11.3 Å². The number of hydrogen-bond acceptors (Lipinski definition) is 5. The fraction of sp³-hybridized carbons (Fsp3) is 0.526. The molecule has 1 saturated carbocycles. The zero-order valence-corrected chi connectivity index (χ0v) is 16.5. The van der Waals surface area contributed by atoms with Gasteiger partial charge in [-0.3, -0.25) is 9.59 Å². The van der Waals surface area contributed by atoms with Crippen molar-refractivity contribution in [3.05, 3.63) is 27.7 Å². The van der Waals surface area contributed by atoms with Crippen LogP contribution in [0.5, 0.6) is 0 Å². The highest BCUT2D eigenvalue weighted by molar-refractivity contribution is 7.09. The van der Waals surface area contributed by atoms with Crippen molar-refractivity contribution in [2.75, 3.05) is 0 Å². The van der Waals surface area contributed by atoms with Crippen molar-refractivity contribution in [2.24, 2.45) is 17.1 Å². The summed E-state index contributed by atoms with van der Waals surface area (Å²) in [6, 6.07) is 1.82. The molecule has 0 saturated heterocycles. The third-order valence-electron chi connectivity index (χ3n) is 4.52. The van der Waals surface area contributed by atoms with E-state index in [2.05, 4.69) is 9.55 Å². The highest BCUT2D eigenvalue weighted by Crippen LogP contribution is 2.35. The molecule has 0 aromatic carbocycles. The maximum Gasteiger partial charge on any atom is 0.311 e. The average molecular weight is 375 g/mol. The quantitative estimate of drug-likeness (QED) is 0.783. The lowest BCUT2D eigenvalue weighted by atomic mass is 9.97. The third-order valence-corrected chi connectivity index (χ3v) is 5.35. The second-order valence-electron chi connectivity index (χ2n) is 7.90. The van der Waals surface area contributed by atoms with Gasteiger partial charge in [-0.05, 0) is 52.5 Å². The molecule has 26 heavy (non-hydrogen) atoms. The maximum atomic E-state index is 11.9. The van der Waals surface area contributed by atoms with Crippen molar-refractivity contribution in [3.8, 4) is 11.4 Å². The molecule has 2 aromatic heterocycles. The zero-order valence-electron chi connectivity index (χ0n) is 15.7. The predicted molar refractivity (Wildman–Crippen MR) is 101 cm³/mol. The van der Waals surface area contributed by atoms with Gasteiger partial charge >= 0.3 is 5.97 Å². The number of nitrogens with zero attached hydrogens (tertiary/aromatic N) is 2. The minimum Gasteiger partial charge on any atom is -0.458 e. The van der Waals surface area contributed by atoms with Gasteiger partial charge in [-0.25, -0.2) is 4.98 Å². The van der Waals surface area contributed by atoms with E-state index in [4.69, 9.17) is 10.5 Å². The third kappa shape index (κ3) is 3.98. The molecule has 0 unspecified atom stereocenters. The summed E-state index contributed by atoms with van der Waals surface area (Å²) in [5, 5.41) is 2.67. The molecule has 6 nitrogen and oxygen atoms in total. The van der Waals surface area contributed by atoms with E-state index in [1.54, 1.807) is 0 Å². The Balaban J connectivity index is 1.83. The molecule has 0 bridgehead atoms. The molecular weight excluding hydrogens is 350 g/mol. The van der Waals surface area contributed by atoms with Crippen LogP contribution in [0.1, 0.15) is 54.7 Å². The number of hydrogen-bond donors (Lipinski definition) is 1. The number of ether oxygens (including phenoxy) is 1. The van der Waals surface area contributed by atoms with Crippen LogP contribution in [0.2, 0.25) is 0 Å². The highest BCUT2D eigenvalue weighted by atomic mass is 32.1. The Labute approximate surface area is 157 Å². The zero-order chi connectivity index (χ0) is 19.1. The normalized spacial score (nSPS) is 14.5. The molecule has 2 N–H and O–H groups in total. The van der Waals surface area contributed by atoms with Crippen LogP contribution in [-0.2, 0) is 22.7 Å². The monoisotopic (exact) mass is 375 g/mol. The molecular formula is C19H25N3O3S. The molecule has 3 rings (SSSR count). The molecule has 0 atom stereocenters. The molecule has 0 spiro atoms. The van der Waals surface area contributed by atoms with Gasteiger partial charge in [-0.2, -0.15) is 0 Å². The van der Waals surface area contributed by atoms with Crippen molar-refractivity contribution in [1.29, 1.82) is 0 Å². The SMILES string of the molecule is Cc1c(C(N)=O)cc(-c2csc(COC(=O)C(C)(C)C)n2)n1CC1CC1. The topological polar surface area (TPSA) is 87.2 Å². The highest BCUT2D eigenvalue weighted by Gasteiger charge is 2.27. The van der Waals surface area contributed by atoms with Crippen LogP contribution in [0.4, 0.5) is 0 Å². The van der Waals surface area contributed by atoms with Crippen LogP contribution in [0.15, 0.2) is 11.4 Å². The summed E-state index contributed by atoms with van der Waals surface area (Å²) < 4.78 is 7.48. The van der Waals surface area contributed by atoms with Crippen molar-refractivity contribution < 1.29 is 14.3 Å². The number of thiazole rings is 1. The Hall–Kier alpha value is -2.15. The van der Waals surface area contributed by atoms with E-state index in [1.165, 1.54) is 24.2 Å². The molecule has 1 aliphatic rings. The number of nitrogens with two attached hydrogens (primary N) is 1. The van der Waals surface area contributed by atoms with E-state index in [0.717, 1.165) is 28.6 Å². The van der Waals surface area contributed by atoms with Gasteiger partial charge in [0.15, 0.2) is 0 Å². The van der Waals surface area contributed by atoms with Crippen molar-refractivity contribution >= 4 is 23.2 Å². The van der Waals surface area contributed by atoms with Gasteiger partial charge in [-0.1, -0.05) is 0 Å². The van der Waals surface area contributed by atoms with Crippen molar-refractivity contribution in [1.82, 2.24) is 9.55 Å². The number of rotatable bonds is 6. The fourth-order valence-corrected chi connectivity index (χ4v) is 3.44. The molecule has 0 radical (unpaired) electrons. The van der Waals surface area contributed by atoms with E-state index in [0.29, 0.717) is 11.5 Å². The van der Waals surface area contributed by atoms with E-state index >= 15 is 0 Å². The molecule has 2 aromatic rings. The predicted octanol–water partition coefficient (Wildman–Crippen LogP) is 3.52. The Morgan fingerprint density at radius 1 is 1.38 bits per heavy atom. The molecule has 2 heterocycles. The summed E-state index contributed by atoms with van der Waals surface area (Å²) in [5.74, 6) is -0.0162. The fourth-order valence-electron chi connectivity index (χ4n) is 2.74. The Kier molecular flexibility index (Phi) is 4.92.